The highest BCUT2D eigenvalue weighted by molar-refractivity contribution is 6.01. The van der Waals surface area contributed by atoms with Crippen LogP contribution in [-0.2, 0) is 19.1 Å². The summed E-state index contributed by atoms with van der Waals surface area (Å²) in [5.74, 6) is 6.07. The Hall–Kier alpha value is -2.27. The van der Waals surface area contributed by atoms with E-state index in [-0.39, 0.29) is 0 Å². The third-order valence-electron chi connectivity index (χ3n) is 0.640. The molecule has 5 heteroatoms. The summed E-state index contributed by atoms with van der Waals surface area (Å²) in [6.07, 6.45) is 0. The second kappa shape index (κ2) is 9.82. The first-order valence-electron chi connectivity index (χ1n) is 3.74. The van der Waals surface area contributed by atoms with Crippen molar-refractivity contribution >= 4 is 17.9 Å². The minimum absolute atomic E-state index is 0.833. The van der Waals surface area contributed by atoms with Gasteiger partial charge in [0, 0.05) is 18.8 Å². The second-order valence-corrected chi connectivity index (χ2v) is 1.95. The number of aliphatic carboxylic acids is 1. The Balaban J connectivity index is 0. The van der Waals surface area contributed by atoms with E-state index < -0.39 is 17.9 Å². The molecule has 0 spiro atoms. The molecule has 0 radical (unpaired) electrons. The maximum Gasteiger partial charge on any atom is 0.392 e. The van der Waals surface area contributed by atoms with E-state index in [1.54, 1.807) is 0 Å². The molecule has 0 rings (SSSR count). The first kappa shape index (κ1) is 15.2. The minimum Gasteiger partial charge on any atom is -0.481 e. The van der Waals surface area contributed by atoms with E-state index >= 15 is 0 Å². The lowest BCUT2D eigenvalue weighted by atomic mass is 10.6. The Morgan fingerprint density at radius 3 is 1.47 bits per heavy atom. The summed E-state index contributed by atoms with van der Waals surface area (Å²) >= 11 is 0. The van der Waals surface area contributed by atoms with Gasteiger partial charge in [0.2, 0.25) is 0 Å². The fourth-order valence-electron chi connectivity index (χ4n) is 0.339. The van der Waals surface area contributed by atoms with E-state index in [4.69, 9.17) is 9.90 Å². The molecule has 80 valence electrons. The van der Waals surface area contributed by atoms with Gasteiger partial charge in [-0.15, -0.1) is 0 Å². The number of carbonyl (C=O) groups is 3. The molecule has 0 aliphatic carbocycles. The summed E-state index contributed by atoms with van der Waals surface area (Å²) in [7, 11) is 0. The zero-order valence-corrected chi connectivity index (χ0v) is 8.58. The molecule has 0 amide bonds. The molecule has 0 heterocycles. The van der Waals surface area contributed by atoms with E-state index in [0.29, 0.717) is 0 Å². The number of carboxylic acids is 1. The number of esters is 2. The average molecular weight is 210 g/mol. The van der Waals surface area contributed by atoms with Gasteiger partial charge in [-0.25, -0.2) is 9.59 Å². The lowest BCUT2D eigenvalue weighted by Gasteiger charge is -1.87. The molecular weight excluding hydrogens is 200 g/mol. The van der Waals surface area contributed by atoms with Crippen molar-refractivity contribution in [3.8, 4) is 23.7 Å². The van der Waals surface area contributed by atoms with E-state index in [9.17, 15) is 9.59 Å². The molecule has 0 aromatic heterocycles. The number of carbonyl (C=O) groups excluding carboxylic acids is 2. The Labute approximate surface area is 87.4 Å². The number of rotatable bonds is 0. The van der Waals surface area contributed by atoms with Gasteiger partial charge in [-0.05, 0) is 13.8 Å². The van der Waals surface area contributed by atoms with Crippen LogP contribution in [0.2, 0.25) is 0 Å². The Morgan fingerprint density at radius 1 is 1.00 bits per heavy atom. The van der Waals surface area contributed by atoms with Crippen molar-refractivity contribution < 1.29 is 24.2 Å². The molecule has 0 bridgehead atoms. The summed E-state index contributed by atoms with van der Waals surface area (Å²) in [4.78, 5) is 29.9. The molecule has 5 nitrogen and oxygen atoms in total. The van der Waals surface area contributed by atoms with Gasteiger partial charge in [0.15, 0.2) is 0 Å². The van der Waals surface area contributed by atoms with Gasteiger partial charge in [-0.1, -0.05) is 11.8 Å². The maximum absolute atomic E-state index is 10.4. The first-order chi connectivity index (χ1) is 6.93. The van der Waals surface area contributed by atoms with Gasteiger partial charge in [-0.3, -0.25) is 4.79 Å². The van der Waals surface area contributed by atoms with Crippen LogP contribution in [0.1, 0.15) is 20.8 Å². The molecule has 1 N–H and O–H groups in total. The second-order valence-electron chi connectivity index (χ2n) is 1.95. The fraction of sp³-hybridized carbons (Fsp3) is 0.300. The summed E-state index contributed by atoms with van der Waals surface area (Å²) in [5.41, 5.74) is 0. The van der Waals surface area contributed by atoms with Crippen LogP contribution in [0.25, 0.3) is 0 Å². The molecule has 0 aromatic carbocycles. The Kier molecular flexibility index (Phi) is 9.95. The van der Waals surface area contributed by atoms with Crippen LogP contribution < -0.4 is 0 Å². The average Bonchev–Trinajstić information content (AvgIpc) is 2.03. The highest BCUT2D eigenvalue weighted by atomic mass is 16.6. The number of hydrogen-bond donors (Lipinski definition) is 1. The lowest BCUT2D eigenvalue weighted by Crippen LogP contribution is -2.07. The van der Waals surface area contributed by atoms with Crippen molar-refractivity contribution in [3.63, 3.8) is 0 Å². The van der Waals surface area contributed by atoms with Gasteiger partial charge in [0.25, 0.3) is 5.97 Å². The third kappa shape index (κ3) is 18.6. The Morgan fingerprint density at radius 2 is 1.27 bits per heavy atom. The predicted molar refractivity (Wildman–Crippen MR) is 51.3 cm³/mol. The molecule has 0 saturated carbocycles. The molecule has 15 heavy (non-hydrogen) atoms. The summed E-state index contributed by atoms with van der Waals surface area (Å²) in [6, 6.07) is 0. The zero-order valence-electron chi connectivity index (χ0n) is 8.58. The standard InChI is InChI=1S/C8H6O3.C2H4O2/c1-3-5-7(9)11-8(10)6-4-2;1-2(3)4/h1-2H3;1H3,(H,3,4). The van der Waals surface area contributed by atoms with E-state index in [2.05, 4.69) is 16.6 Å². The third-order valence-corrected chi connectivity index (χ3v) is 0.640. The van der Waals surface area contributed by atoms with Crippen LogP contribution in [0, 0.1) is 23.7 Å². The van der Waals surface area contributed by atoms with Crippen LogP contribution in [0.4, 0.5) is 0 Å². The van der Waals surface area contributed by atoms with Crippen LogP contribution in [-0.4, -0.2) is 23.0 Å². The molecule has 0 atom stereocenters. The first-order valence-corrected chi connectivity index (χ1v) is 3.74. The maximum atomic E-state index is 10.4. The van der Waals surface area contributed by atoms with Crippen molar-refractivity contribution in [2.24, 2.45) is 0 Å². The van der Waals surface area contributed by atoms with E-state index in [1.165, 1.54) is 13.8 Å². The van der Waals surface area contributed by atoms with Crippen molar-refractivity contribution in [2.45, 2.75) is 20.8 Å². The quantitative estimate of drug-likeness (QED) is 0.267. The van der Waals surface area contributed by atoms with Crippen molar-refractivity contribution in [3.05, 3.63) is 0 Å². The van der Waals surface area contributed by atoms with Crippen LogP contribution >= 0.6 is 0 Å². The molecule has 0 unspecified atom stereocenters. The fourth-order valence-corrected chi connectivity index (χ4v) is 0.339. The smallest absolute Gasteiger partial charge is 0.392 e. The molecule has 0 aromatic rings. The van der Waals surface area contributed by atoms with Gasteiger partial charge < -0.3 is 9.84 Å². The molecule has 0 aliphatic heterocycles. The monoisotopic (exact) mass is 210 g/mol. The number of hydrogen-bond acceptors (Lipinski definition) is 4. The number of carboxylic acid groups (broad SMARTS) is 1. The predicted octanol–water partition coefficient (Wildman–Crippen LogP) is 0.194. The normalized spacial score (nSPS) is 6.33. The topological polar surface area (TPSA) is 80.7 Å². The lowest BCUT2D eigenvalue weighted by molar-refractivity contribution is -0.151. The van der Waals surface area contributed by atoms with E-state index in [1.807, 2.05) is 11.8 Å². The molecule has 0 aliphatic rings. The van der Waals surface area contributed by atoms with Gasteiger partial charge in [0.05, 0.1) is 0 Å². The van der Waals surface area contributed by atoms with Crippen LogP contribution in [0.5, 0.6) is 0 Å². The zero-order chi connectivity index (χ0) is 12.3. The molecule has 0 fully saturated rings. The van der Waals surface area contributed by atoms with Crippen molar-refractivity contribution in [1.82, 2.24) is 0 Å². The van der Waals surface area contributed by atoms with Gasteiger partial charge in [-0.2, -0.15) is 0 Å². The number of ether oxygens (including phenoxy) is 1. The molecule has 0 saturated heterocycles. The van der Waals surface area contributed by atoms with Crippen LogP contribution in [0.15, 0.2) is 0 Å². The SMILES string of the molecule is CC#CC(=O)OC(=O)C#CC.CC(=O)O. The largest absolute Gasteiger partial charge is 0.481 e. The van der Waals surface area contributed by atoms with Gasteiger partial charge >= 0.3 is 11.9 Å². The summed E-state index contributed by atoms with van der Waals surface area (Å²) in [6.45, 7) is 4.02. The minimum atomic E-state index is -0.875. The summed E-state index contributed by atoms with van der Waals surface area (Å²) in [5, 5.41) is 7.42. The van der Waals surface area contributed by atoms with Crippen molar-refractivity contribution in [2.75, 3.05) is 0 Å². The van der Waals surface area contributed by atoms with Crippen molar-refractivity contribution in [1.29, 1.82) is 0 Å². The molecular formula is C10H10O5. The van der Waals surface area contributed by atoms with Gasteiger partial charge in [0.1, 0.15) is 0 Å². The van der Waals surface area contributed by atoms with Crippen LogP contribution in [0.3, 0.4) is 0 Å². The Bertz CT molecular complexity index is 325. The highest BCUT2D eigenvalue weighted by Gasteiger charge is 2.02. The summed E-state index contributed by atoms with van der Waals surface area (Å²) < 4.78 is 4.11. The van der Waals surface area contributed by atoms with E-state index in [0.717, 1.165) is 6.92 Å². The highest BCUT2D eigenvalue weighted by Crippen LogP contribution is 1.77.